The van der Waals surface area contributed by atoms with Crippen LogP contribution < -0.4 is 24.0 Å². The molecule has 1 saturated heterocycles. The third-order valence-corrected chi connectivity index (χ3v) is 4.25. The molecule has 2 atom stereocenters. The van der Waals surface area contributed by atoms with E-state index in [1.165, 1.54) is 0 Å². The standard InChI is InChI=1S/C14H16O3S.Li/c1-9(14(16)17)11-4-2-10(3-5-11)8-13-12(15)6-7-18-13;/h2-5,8-9,12,15H,6-7H2,1H3,(H,16,17);/q;+1/p-1/b13-8-;/t9-,12-;/m0./s1. The van der Waals surface area contributed by atoms with Crippen LogP contribution in [0.2, 0.25) is 0 Å². The van der Waals surface area contributed by atoms with Crippen LogP contribution >= 0.6 is 11.8 Å². The van der Waals surface area contributed by atoms with Crippen LogP contribution in [0.1, 0.15) is 30.4 Å². The first-order chi connectivity index (χ1) is 8.58. The number of aliphatic hydroxyl groups excluding tert-OH is 1. The van der Waals surface area contributed by atoms with Gasteiger partial charge >= 0.3 is 18.9 Å². The Morgan fingerprint density at radius 2 is 2.11 bits per heavy atom. The van der Waals surface area contributed by atoms with E-state index in [-0.39, 0.29) is 25.0 Å². The van der Waals surface area contributed by atoms with Crippen molar-refractivity contribution in [1.82, 2.24) is 0 Å². The molecule has 0 bridgehead atoms. The number of hydrogen-bond donors (Lipinski definition) is 1. The zero-order valence-electron chi connectivity index (χ0n) is 11.1. The molecule has 0 spiro atoms. The van der Waals surface area contributed by atoms with Gasteiger partial charge in [0.05, 0.1) is 6.10 Å². The SMILES string of the molecule is C[C@H](C(=O)[O-])c1ccc(/C=C2\SCC[C@@H]2O)cc1.[Li+]. The Balaban J connectivity index is 0.00000180. The van der Waals surface area contributed by atoms with Crippen LogP contribution in [0.3, 0.4) is 0 Å². The Hall–Kier alpha value is -0.663. The van der Waals surface area contributed by atoms with E-state index in [0.29, 0.717) is 0 Å². The van der Waals surface area contributed by atoms with E-state index >= 15 is 0 Å². The van der Waals surface area contributed by atoms with Crippen LogP contribution in [-0.2, 0) is 4.79 Å². The molecule has 0 aromatic heterocycles. The van der Waals surface area contributed by atoms with Gasteiger partial charge in [-0.3, -0.25) is 0 Å². The topological polar surface area (TPSA) is 60.4 Å². The molecule has 0 amide bonds. The summed E-state index contributed by atoms with van der Waals surface area (Å²) in [6.45, 7) is 1.61. The smallest absolute Gasteiger partial charge is 0.550 e. The van der Waals surface area contributed by atoms with E-state index in [0.717, 1.165) is 28.2 Å². The number of rotatable bonds is 3. The fraction of sp³-hybridized carbons (Fsp3) is 0.357. The van der Waals surface area contributed by atoms with Gasteiger partial charge in [0.25, 0.3) is 0 Å². The molecule has 96 valence electrons. The summed E-state index contributed by atoms with van der Waals surface area (Å²) in [7, 11) is 0. The minimum absolute atomic E-state index is 0. The average Bonchev–Trinajstić information content (AvgIpc) is 2.75. The van der Waals surface area contributed by atoms with Crippen molar-refractivity contribution >= 4 is 23.8 Å². The third-order valence-electron chi connectivity index (χ3n) is 3.09. The zero-order valence-corrected chi connectivity index (χ0v) is 11.9. The Morgan fingerprint density at radius 3 is 2.58 bits per heavy atom. The van der Waals surface area contributed by atoms with Crippen molar-refractivity contribution in [3.63, 3.8) is 0 Å². The Bertz CT molecular complexity index is 470. The molecular weight excluding hydrogens is 255 g/mol. The van der Waals surface area contributed by atoms with E-state index in [1.807, 2.05) is 18.2 Å². The van der Waals surface area contributed by atoms with Gasteiger partial charge in [0, 0.05) is 22.5 Å². The second-order valence-electron chi connectivity index (χ2n) is 4.41. The first kappa shape index (κ1) is 16.4. The van der Waals surface area contributed by atoms with Crippen LogP contribution in [-0.4, -0.2) is 22.9 Å². The first-order valence-electron chi connectivity index (χ1n) is 5.91. The summed E-state index contributed by atoms with van der Waals surface area (Å²) in [4.78, 5) is 11.7. The first-order valence-corrected chi connectivity index (χ1v) is 6.90. The molecular formula is C14H15LiO3S. The molecule has 0 saturated carbocycles. The molecule has 0 aliphatic carbocycles. The quantitative estimate of drug-likeness (QED) is 0.671. The van der Waals surface area contributed by atoms with Crippen LogP contribution in [0.15, 0.2) is 29.2 Å². The monoisotopic (exact) mass is 270 g/mol. The molecule has 1 N–H and O–H groups in total. The maximum absolute atomic E-state index is 10.7. The molecule has 3 nitrogen and oxygen atoms in total. The van der Waals surface area contributed by atoms with E-state index in [9.17, 15) is 15.0 Å². The minimum Gasteiger partial charge on any atom is -0.550 e. The minimum atomic E-state index is -1.07. The maximum Gasteiger partial charge on any atom is 1.00 e. The molecule has 5 heteroatoms. The third kappa shape index (κ3) is 4.15. The number of hydrogen-bond acceptors (Lipinski definition) is 4. The largest absolute Gasteiger partial charge is 1.00 e. The second-order valence-corrected chi connectivity index (χ2v) is 5.58. The number of thioether (sulfide) groups is 1. The van der Waals surface area contributed by atoms with Gasteiger partial charge in [-0.2, -0.15) is 0 Å². The molecule has 1 aromatic carbocycles. The van der Waals surface area contributed by atoms with Crippen molar-refractivity contribution in [3.05, 3.63) is 40.3 Å². The van der Waals surface area contributed by atoms with Gasteiger partial charge in [0.1, 0.15) is 0 Å². The fourth-order valence-electron chi connectivity index (χ4n) is 1.85. The van der Waals surface area contributed by atoms with E-state index in [1.54, 1.807) is 30.8 Å². The molecule has 1 aromatic rings. The van der Waals surface area contributed by atoms with Gasteiger partial charge in [-0.1, -0.05) is 31.2 Å². The fourth-order valence-corrected chi connectivity index (χ4v) is 2.95. The number of aliphatic hydroxyl groups is 1. The molecule has 1 aliphatic rings. The number of carboxylic acid groups (broad SMARTS) is 1. The maximum atomic E-state index is 10.7. The second kappa shape index (κ2) is 7.21. The van der Waals surface area contributed by atoms with Gasteiger partial charge in [-0.05, 0) is 23.6 Å². The predicted molar refractivity (Wildman–Crippen MR) is 70.9 cm³/mol. The number of carbonyl (C=O) groups is 1. The zero-order chi connectivity index (χ0) is 13.1. The van der Waals surface area contributed by atoms with Crippen molar-refractivity contribution in [3.8, 4) is 0 Å². The molecule has 0 unspecified atom stereocenters. The van der Waals surface area contributed by atoms with Gasteiger partial charge in [0.15, 0.2) is 0 Å². The van der Waals surface area contributed by atoms with Crippen molar-refractivity contribution in [2.24, 2.45) is 0 Å². The van der Waals surface area contributed by atoms with Gasteiger partial charge in [-0.15, -0.1) is 11.8 Å². The van der Waals surface area contributed by atoms with Crippen LogP contribution in [0, 0.1) is 0 Å². The van der Waals surface area contributed by atoms with Crippen molar-refractivity contribution in [1.29, 1.82) is 0 Å². The summed E-state index contributed by atoms with van der Waals surface area (Å²) in [5.41, 5.74) is 1.71. The van der Waals surface area contributed by atoms with Gasteiger partial charge < -0.3 is 15.0 Å². The van der Waals surface area contributed by atoms with Crippen LogP contribution in [0.4, 0.5) is 0 Å². The normalized spacial score (nSPS) is 22.0. The van der Waals surface area contributed by atoms with Crippen LogP contribution in [0.5, 0.6) is 0 Å². The summed E-state index contributed by atoms with van der Waals surface area (Å²) >= 11 is 1.67. The van der Waals surface area contributed by atoms with Crippen LogP contribution in [0.25, 0.3) is 6.08 Å². The Labute approximate surface area is 129 Å². The Morgan fingerprint density at radius 1 is 1.47 bits per heavy atom. The Kier molecular flexibility index (Phi) is 6.22. The number of carboxylic acids is 1. The number of aliphatic carboxylic acids is 1. The summed E-state index contributed by atoms with van der Waals surface area (Å²) in [6, 6.07) is 7.32. The molecule has 19 heavy (non-hydrogen) atoms. The van der Waals surface area contributed by atoms with Crippen molar-refractivity contribution in [2.75, 3.05) is 5.75 Å². The molecule has 1 fully saturated rings. The molecule has 1 heterocycles. The summed E-state index contributed by atoms with van der Waals surface area (Å²) in [5, 5.41) is 20.4. The van der Waals surface area contributed by atoms with Crippen molar-refractivity contribution in [2.45, 2.75) is 25.4 Å². The average molecular weight is 270 g/mol. The van der Waals surface area contributed by atoms with E-state index in [4.69, 9.17) is 0 Å². The number of carbonyl (C=O) groups excluding carboxylic acids is 1. The summed E-state index contributed by atoms with van der Waals surface area (Å²) < 4.78 is 0. The van der Waals surface area contributed by atoms with E-state index < -0.39 is 11.9 Å². The van der Waals surface area contributed by atoms with E-state index in [2.05, 4.69) is 0 Å². The number of benzene rings is 1. The predicted octanol–water partition coefficient (Wildman–Crippen LogP) is -1.62. The summed E-state index contributed by atoms with van der Waals surface area (Å²) in [6.07, 6.45) is 2.41. The van der Waals surface area contributed by atoms with Gasteiger partial charge in [0.2, 0.25) is 0 Å². The molecule has 0 radical (unpaired) electrons. The summed E-state index contributed by atoms with van der Waals surface area (Å²) in [5.74, 6) is -0.715. The van der Waals surface area contributed by atoms with Gasteiger partial charge in [-0.25, -0.2) is 0 Å². The molecule has 2 rings (SSSR count). The van der Waals surface area contributed by atoms with Crippen molar-refractivity contribution < 1.29 is 33.9 Å². The molecule has 1 aliphatic heterocycles.